The molecule has 0 radical (unpaired) electrons. The molecule has 6 nitrogen and oxygen atoms in total. The van der Waals surface area contributed by atoms with Crippen molar-refractivity contribution in [1.29, 1.82) is 0 Å². The van der Waals surface area contributed by atoms with Gasteiger partial charge in [-0.3, -0.25) is 9.59 Å². The van der Waals surface area contributed by atoms with Gasteiger partial charge in [-0.25, -0.2) is 4.98 Å². The van der Waals surface area contributed by atoms with Crippen molar-refractivity contribution < 1.29 is 14.3 Å². The van der Waals surface area contributed by atoms with Crippen molar-refractivity contribution in [3.8, 4) is 5.75 Å². The Hall–Kier alpha value is -2.93. The summed E-state index contributed by atoms with van der Waals surface area (Å²) in [7, 11) is 0. The largest absolute Gasteiger partial charge is 0.494 e. The highest BCUT2D eigenvalue weighted by Crippen LogP contribution is 2.31. The van der Waals surface area contributed by atoms with Crippen molar-refractivity contribution in [2.45, 2.75) is 27.2 Å². The molecule has 0 spiro atoms. The Balaban J connectivity index is 1.46. The number of aromatic nitrogens is 1. The highest BCUT2D eigenvalue weighted by Gasteiger charge is 2.35. The molecule has 150 valence electrons. The van der Waals surface area contributed by atoms with Crippen LogP contribution in [0.3, 0.4) is 0 Å². The second kappa shape index (κ2) is 7.83. The lowest BCUT2D eigenvalue weighted by atomic mass is 10.1. The fraction of sp³-hybridized carbons (Fsp3) is 0.318. The number of rotatable bonds is 5. The number of carbonyl (C=O) groups excluding carboxylic acids is 2. The Morgan fingerprint density at radius 1 is 1.24 bits per heavy atom. The summed E-state index contributed by atoms with van der Waals surface area (Å²) in [6.45, 7) is 6.98. The summed E-state index contributed by atoms with van der Waals surface area (Å²) in [6.07, 6.45) is 0.206. The maximum absolute atomic E-state index is 12.8. The van der Waals surface area contributed by atoms with Crippen LogP contribution in [0.1, 0.15) is 24.5 Å². The van der Waals surface area contributed by atoms with Gasteiger partial charge in [0.15, 0.2) is 5.13 Å². The van der Waals surface area contributed by atoms with Crippen LogP contribution >= 0.6 is 11.3 Å². The highest BCUT2D eigenvalue weighted by atomic mass is 32.1. The molecule has 1 aliphatic rings. The summed E-state index contributed by atoms with van der Waals surface area (Å²) in [5, 5.41) is 3.42. The number of aryl methyl sites for hydroxylation is 2. The fourth-order valence-corrected chi connectivity index (χ4v) is 4.35. The number of hydrogen-bond donors (Lipinski definition) is 1. The van der Waals surface area contributed by atoms with Crippen LogP contribution in [-0.2, 0) is 9.59 Å². The zero-order chi connectivity index (χ0) is 20.5. The molecule has 2 amide bonds. The maximum atomic E-state index is 12.8. The van der Waals surface area contributed by atoms with E-state index in [0.29, 0.717) is 18.3 Å². The van der Waals surface area contributed by atoms with Crippen LogP contribution in [0.2, 0.25) is 0 Å². The summed E-state index contributed by atoms with van der Waals surface area (Å²) < 4.78 is 6.47. The fourth-order valence-electron chi connectivity index (χ4n) is 3.45. The lowest BCUT2D eigenvalue weighted by Crippen LogP contribution is -2.28. The SMILES string of the molecule is CCOc1ccc2nc(NC(=O)[C@@H]3CC(=O)N(c4ccc(C)c(C)c4)C3)sc2c1. The summed E-state index contributed by atoms with van der Waals surface area (Å²) in [6, 6.07) is 11.6. The average molecular weight is 410 g/mol. The van der Waals surface area contributed by atoms with Gasteiger partial charge in [0.1, 0.15) is 5.75 Å². The molecule has 1 aliphatic heterocycles. The number of amides is 2. The van der Waals surface area contributed by atoms with Crippen molar-refractivity contribution in [2.75, 3.05) is 23.4 Å². The molecule has 7 heteroatoms. The Bertz CT molecular complexity index is 1090. The predicted molar refractivity (Wildman–Crippen MR) is 116 cm³/mol. The molecule has 0 bridgehead atoms. The number of ether oxygens (including phenoxy) is 1. The quantitative estimate of drug-likeness (QED) is 0.682. The topological polar surface area (TPSA) is 71.5 Å². The summed E-state index contributed by atoms with van der Waals surface area (Å²) in [5.74, 6) is 0.190. The average Bonchev–Trinajstić information content (AvgIpc) is 3.27. The van der Waals surface area contributed by atoms with E-state index in [0.717, 1.165) is 27.2 Å². The standard InChI is InChI=1S/C22H23N3O3S/c1-4-28-17-7-8-18-19(11-17)29-22(23-18)24-21(27)15-10-20(26)25(12-15)16-6-5-13(2)14(3)9-16/h5-9,11,15H,4,10,12H2,1-3H3,(H,23,24,27)/t15-/m1/s1. The number of benzene rings is 2. The third-order valence-electron chi connectivity index (χ3n) is 5.20. The van der Waals surface area contributed by atoms with Crippen molar-refractivity contribution in [2.24, 2.45) is 5.92 Å². The molecule has 0 unspecified atom stereocenters. The van der Waals surface area contributed by atoms with Gasteiger partial charge < -0.3 is 15.0 Å². The van der Waals surface area contributed by atoms with Gasteiger partial charge in [-0.15, -0.1) is 0 Å². The van der Waals surface area contributed by atoms with E-state index in [1.54, 1.807) is 4.90 Å². The number of fused-ring (bicyclic) bond motifs is 1. The van der Waals surface area contributed by atoms with Gasteiger partial charge in [-0.05, 0) is 62.2 Å². The number of carbonyl (C=O) groups is 2. The third-order valence-corrected chi connectivity index (χ3v) is 6.13. The van der Waals surface area contributed by atoms with Crippen LogP contribution in [0.5, 0.6) is 5.75 Å². The van der Waals surface area contributed by atoms with Crippen molar-refractivity contribution >= 4 is 44.2 Å². The second-order valence-electron chi connectivity index (χ2n) is 7.24. The Morgan fingerprint density at radius 3 is 2.83 bits per heavy atom. The van der Waals surface area contributed by atoms with Crippen LogP contribution in [0.4, 0.5) is 10.8 Å². The minimum Gasteiger partial charge on any atom is -0.494 e. The first-order valence-corrected chi connectivity index (χ1v) is 10.5. The minimum atomic E-state index is -0.393. The van der Waals surface area contributed by atoms with Gasteiger partial charge in [0, 0.05) is 18.7 Å². The van der Waals surface area contributed by atoms with E-state index < -0.39 is 5.92 Å². The van der Waals surface area contributed by atoms with Gasteiger partial charge in [-0.2, -0.15) is 0 Å². The Morgan fingerprint density at radius 2 is 2.07 bits per heavy atom. The van der Waals surface area contributed by atoms with Crippen LogP contribution < -0.4 is 15.0 Å². The Labute approximate surface area is 173 Å². The number of nitrogens with zero attached hydrogens (tertiary/aromatic N) is 2. The normalized spacial score (nSPS) is 16.4. The van der Waals surface area contributed by atoms with Crippen LogP contribution in [0.15, 0.2) is 36.4 Å². The van der Waals surface area contributed by atoms with E-state index >= 15 is 0 Å². The number of anilines is 2. The molecule has 4 rings (SSSR count). The smallest absolute Gasteiger partial charge is 0.231 e. The second-order valence-corrected chi connectivity index (χ2v) is 8.28. The lowest BCUT2D eigenvalue weighted by Gasteiger charge is -2.17. The molecule has 1 N–H and O–H groups in total. The van der Waals surface area contributed by atoms with Gasteiger partial charge in [0.2, 0.25) is 11.8 Å². The first-order valence-electron chi connectivity index (χ1n) is 9.66. The van der Waals surface area contributed by atoms with Gasteiger partial charge in [0.25, 0.3) is 0 Å². The van der Waals surface area contributed by atoms with E-state index in [1.807, 2.05) is 57.2 Å². The molecule has 2 aromatic carbocycles. The Kier molecular flexibility index (Phi) is 5.24. The summed E-state index contributed by atoms with van der Waals surface area (Å²) in [4.78, 5) is 31.4. The predicted octanol–water partition coefficient (Wildman–Crippen LogP) is 4.30. The molecule has 0 aliphatic carbocycles. The maximum Gasteiger partial charge on any atom is 0.231 e. The first kappa shape index (κ1) is 19.4. The molecule has 29 heavy (non-hydrogen) atoms. The third kappa shape index (κ3) is 3.96. The van der Waals surface area contributed by atoms with E-state index in [4.69, 9.17) is 4.74 Å². The molecular weight excluding hydrogens is 386 g/mol. The van der Waals surface area contributed by atoms with Crippen LogP contribution in [0.25, 0.3) is 10.2 Å². The van der Waals surface area contributed by atoms with Crippen LogP contribution in [0, 0.1) is 19.8 Å². The van der Waals surface area contributed by atoms with Crippen LogP contribution in [-0.4, -0.2) is 29.9 Å². The number of nitrogens with one attached hydrogen (secondary N) is 1. The minimum absolute atomic E-state index is 0.0286. The zero-order valence-corrected chi connectivity index (χ0v) is 17.5. The van der Waals surface area contributed by atoms with Gasteiger partial charge in [-0.1, -0.05) is 17.4 Å². The number of thiazole rings is 1. The van der Waals surface area contributed by atoms with Gasteiger partial charge >= 0.3 is 0 Å². The first-order chi connectivity index (χ1) is 13.9. The molecule has 2 heterocycles. The molecule has 0 saturated carbocycles. The van der Waals surface area contributed by atoms with E-state index in [9.17, 15) is 9.59 Å². The van der Waals surface area contributed by atoms with E-state index in [2.05, 4.69) is 10.3 Å². The van der Waals surface area contributed by atoms with E-state index in [1.165, 1.54) is 16.9 Å². The molecule has 1 saturated heterocycles. The van der Waals surface area contributed by atoms with E-state index in [-0.39, 0.29) is 18.2 Å². The molecular formula is C22H23N3O3S. The molecule has 1 atom stereocenters. The summed E-state index contributed by atoms with van der Waals surface area (Å²) in [5.41, 5.74) is 3.96. The molecule has 1 fully saturated rings. The monoisotopic (exact) mass is 409 g/mol. The zero-order valence-electron chi connectivity index (χ0n) is 16.7. The summed E-state index contributed by atoms with van der Waals surface area (Å²) >= 11 is 1.40. The molecule has 3 aromatic rings. The van der Waals surface area contributed by atoms with Gasteiger partial charge in [0.05, 0.1) is 22.7 Å². The lowest BCUT2D eigenvalue weighted by molar-refractivity contribution is -0.122. The molecule has 1 aromatic heterocycles. The van der Waals surface area contributed by atoms with Crippen molar-refractivity contribution in [3.63, 3.8) is 0 Å². The van der Waals surface area contributed by atoms with Crippen molar-refractivity contribution in [1.82, 2.24) is 4.98 Å². The highest BCUT2D eigenvalue weighted by molar-refractivity contribution is 7.22. The van der Waals surface area contributed by atoms with Crippen molar-refractivity contribution in [3.05, 3.63) is 47.5 Å². The number of hydrogen-bond acceptors (Lipinski definition) is 5.